The summed E-state index contributed by atoms with van der Waals surface area (Å²) in [7, 11) is 1.98. The molecule has 2 aromatic carbocycles. The smallest absolute Gasteiger partial charge is 0.258 e. The Morgan fingerprint density at radius 2 is 2.00 bits per heavy atom. The van der Waals surface area contributed by atoms with Crippen molar-refractivity contribution in [1.29, 1.82) is 0 Å². The number of aromatic nitrogens is 2. The number of hydrogen-bond donors (Lipinski definition) is 1. The summed E-state index contributed by atoms with van der Waals surface area (Å²) in [5, 5.41) is 0.617. The quantitative estimate of drug-likeness (QED) is 0.758. The lowest BCUT2D eigenvalue weighted by Crippen LogP contribution is -2.26. The molecule has 1 aromatic heterocycles. The first kappa shape index (κ1) is 16.2. The fourth-order valence-corrected chi connectivity index (χ4v) is 2.57. The third kappa shape index (κ3) is 4.00. The van der Waals surface area contributed by atoms with Crippen LogP contribution in [0.1, 0.15) is 11.4 Å². The molecule has 0 saturated heterocycles. The first-order valence-corrected chi connectivity index (χ1v) is 7.98. The maximum atomic E-state index is 12.1. The summed E-state index contributed by atoms with van der Waals surface area (Å²) in [6.45, 7) is 3.93. The standard InChI is InChI=1S/C19H21N3O2/c1-14-6-5-7-15(12-14)24-11-10-22(2)13-18-20-17-9-4-3-8-16(17)19(23)21-18/h3-9,12H,10-11,13H2,1-2H3,(H,20,21,23). The van der Waals surface area contributed by atoms with E-state index in [-0.39, 0.29) is 5.56 Å². The van der Waals surface area contributed by atoms with Crippen molar-refractivity contribution >= 4 is 10.9 Å². The summed E-state index contributed by atoms with van der Waals surface area (Å²) in [6.07, 6.45) is 0. The van der Waals surface area contributed by atoms with E-state index in [4.69, 9.17) is 4.74 Å². The predicted molar refractivity (Wildman–Crippen MR) is 95.4 cm³/mol. The second kappa shape index (κ2) is 7.27. The van der Waals surface area contributed by atoms with Crippen molar-refractivity contribution in [3.63, 3.8) is 0 Å². The van der Waals surface area contributed by atoms with Crippen LogP contribution in [0.25, 0.3) is 10.9 Å². The lowest BCUT2D eigenvalue weighted by atomic mass is 10.2. The fraction of sp³-hybridized carbons (Fsp3) is 0.263. The van der Waals surface area contributed by atoms with Crippen LogP contribution in [0.2, 0.25) is 0 Å². The SMILES string of the molecule is Cc1cccc(OCCN(C)Cc2nc3ccccc3c(=O)[nH]2)c1. The van der Waals surface area contributed by atoms with Crippen molar-refractivity contribution in [3.05, 3.63) is 70.3 Å². The van der Waals surface area contributed by atoms with E-state index in [0.29, 0.717) is 24.4 Å². The number of fused-ring (bicyclic) bond motifs is 1. The first-order chi connectivity index (χ1) is 11.6. The molecular weight excluding hydrogens is 302 g/mol. The van der Waals surface area contributed by atoms with Crippen molar-refractivity contribution in [3.8, 4) is 5.75 Å². The van der Waals surface area contributed by atoms with Gasteiger partial charge < -0.3 is 9.72 Å². The van der Waals surface area contributed by atoms with Crippen LogP contribution in [0.4, 0.5) is 0 Å². The molecule has 5 nitrogen and oxygen atoms in total. The van der Waals surface area contributed by atoms with Gasteiger partial charge >= 0.3 is 0 Å². The van der Waals surface area contributed by atoms with Crippen LogP contribution in [-0.4, -0.2) is 35.1 Å². The molecule has 1 N–H and O–H groups in total. The molecule has 1 heterocycles. The summed E-state index contributed by atoms with van der Waals surface area (Å²) in [5.74, 6) is 1.54. The van der Waals surface area contributed by atoms with Gasteiger partial charge in [0.25, 0.3) is 5.56 Å². The van der Waals surface area contributed by atoms with E-state index in [0.717, 1.165) is 17.8 Å². The number of aromatic amines is 1. The van der Waals surface area contributed by atoms with Crippen LogP contribution in [0.15, 0.2) is 53.3 Å². The van der Waals surface area contributed by atoms with E-state index in [1.54, 1.807) is 6.07 Å². The van der Waals surface area contributed by atoms with Gasteiger partial charge in [-0.2, -0.15) is 0 Å². The van der Waals surface area contributed by atoms with Crippen molar-refractivity contribution in [2.24, 2.45) is 0 Å². The average Bonchev–Trinajstić information content (AvgIpc) is 2.55. The van der Waals surface area contributed by atoms with E-state index >= 15 is 0 Å². The summed E-state index contributed by atoms with van der Waals surface area (Å²) in [4.78, 5) is 21.5. The summed E-state index contributed by atoms with van der Waals surface area (Å²) < 4.78 is 5.76. The Labute approximate surface area is 140 Å². The number of aryl methyl sites for hydroxylation is 1. The molecule has 0 unspecified atom stereocenters. The van der Waals surface area contributed by atoms with Crippen LogP contribution in [-0.2, 0) is 6.54 Å². The minimum atomic E-state index is -0.0972. The Balaban J connectivity index is 1.58. The topological polar surface area (TPSA) is 58.2 Å². The molecule has 0 aliphatic carbocycles. The second-order valence-corrected chi connectivity index (χ2v) is 5.93. The Morgan fingerprint density at radius 3 is 2.83 bits per heavy atom. The molecule has 0 spiro atoms. The molecule has 24 heavy (non-hydrogen) atoms. The number of hydrogen-bond acceptors (Lipinski definition) is 4. The van der Waals surface area contributed by atoms with Gasteiger partial charge in [0.1, 0.15) is 18.2 Å². The number of H-pyrrole nitrogens is 1. The molecule has 0 aliphatic heterocycles. The van der Waals surface area contributed by atoms with Crippen LogP contribution in [0.5, 0.6) is 5.75 Å². The number of likely N-dealkylation sites (N-methyl/N-ethyl adjacent to an activating group) is 1. The Kier molecular flexibility index (Phi) is 4.91. The minimum Gasteiger partial charge on any atom is -0.492 e. The predicted octanol–water partition coefficient (Wildman–Crippen LogP) is 2.74. The van der Waals surface area contributed by atoms with E-state index in [9.17, 15) is 4.79 Å². The molecule has 0 amide bonds. The normalized spacial score (nSPS) is 11.1. The van der Waals surface area contributed by atoms with Crippen molar-refractivity contribution in [2.45, 2.75) is 13.5 Å². The molecule has 3 rings (SSSR count). The lowest BCUT2D eigenvalue weighted by molar-refractivity contribution is 0.229. The summed E-state index contributed by atoms with van der Waals surface area (Å²) in [6, 6.07) is 15.4. The monoisotopic (exact) mass is 323 g/mol. The van der Waals surface area contributed by atoms with Gasteiger partial charge in [0.2, 0.25) is 0 Å². The van der Waals surface area contributed by atoms with Crippen molar-refractivity contribution in [2.75, 3.05) is 20.2 Å². The molecule has 0 saturated carbocycles. The summed E-state index contributed by atoms with van der Waals surface area (Å²) >= 11 is 0. The zero-order valence-corrected chi connectivity index (χ0v) is 14.0. The van der Waals surface area contributed by atoms with Crippen LogP contribution in [0, 0.1) is 6.92 Å². The fourth-order valence-electron chi connectivity index (χ4n) is 2.57. The summed E-state index contributed by atoms with van der Waals surface area (Å²) in [5.41, 5.74) is 1.81. The Hall–Kier alpha value is -2.66. The van der Waals surface area contributed by atoms with Gasteiger partial charge in [0.15, 0.2) is 0 Å². The zero-order valence-electron chi connectivity index (χ0n) is 14.0. The van der Waals surface area contributed by atoms with Gasteiger partial charge in [0, 0.05) is 6.54 Å². The van der Waals surface area contributed by atoms with E-state index in [1.807, 2.05) is 56.4 Å². The number of benzene rings is 2. The zero-order chi connectivity index (χ0) is 16.9. The van der Waals surface area contributed by atoms with Crippen molar-refractivity contribution < 1.29 is 4.74 Å². The van der Waals surface area contributed by atoms with Gasteiger partial charge in [-0.15, -0.1) is 0 Å². The largest absolute Gasteiger partial charge is 0.492 e. The number of ether oxygens (including phenoxy) is 1. The lowest BCUT2D eigenvalue weighted by Gasteiger charge is -2.16. The van der Waals surface area contributed by atoms with Gasteiger partial charge in [-0.25, -0.2) is 4.98 Å². The molecule has 0 radical (unpaired) electrons. The maximum Gasteiger partial charge on any atom is 0.258 e. The number of rotatable bonds is 6. The molecule has 0 aliphatic rings. The first-order valence-electron chi connectivity index (χ1n) is 7.98. The molecular formula is C19H21N3O2. The number of nitrogens with zero attached hydrogens (tertiary/aromatic N) is 2. The van der Waals surface area contributed by atoms with E-state index < -0.39 is 0 Å². The average molecular weight is 323 g/mol. The highest BCUT2D eigenvalue weighted by molar-refractivity contribution is 5.77. The Bertz CT molecular complexity index is 889. The third-order valence-electron chi connectivity index (χ3n) is 3.81. The van der Waals surface area contributed by atoms with Crippen LogP contribution < -0.4 is 10.3 Å². The minimum absolute atomic E-state index is 0.0972. The molecule has 0 fully saturated rings. The molecule has 3 aromatic rings. The van der Waals surface area contributed by atoms with Crippen LogP contribution >= 0.6 is 0 Å². The van der Waals surface area contributed by atoms with Gasteiger partial charge in [-0.05, 0) is 43.8 Å². The highest BCUT2D eigenvalue weighted by atomic mass is 16.5. The highest BCUT2D eigenvalue weighted by Crippen LogP contribution is 2.12. The highest BCUT2D eigenvalue weighted by Gasteiger charge is 2.06. The molecule has 124 valence electrons. The van der Waals surface area contributed by atoms with Crippen LogP contribution in [0.3, 0.4) is 0 Å². The Morgan fingerprint density at radius 1 is 1.17 bits per heavy atom. The molecule has 5 heteroatoms. The maximum absolute atomic E-state index is 12.1. The third-order valence-corrected chi connectivity index (χ3v) is 3.81. The number of para-hydroxylation sites is 1. The van der Waals surface area contributed by atoms with Gasteiger partial charge in [-0.1, -0.05) is 24.3 Å². The number of nitrogens with one attached hydrogen (secondary N) is 1. The van der Waals surface area contributed by atoms with E-state index in [1.165, 1.54) is 5.56 Å². The van der Waals surface area contributed by atoms with Gasteiger partial charge in [0.05, 0.1) is 17.4 Å². The molecule has 0 atom stereocenters. The van der Waals surface area contributed by atoms with Crippen molar-refractivity contribution in [1.82, 2.24) is 14.9 Å². The van der Waals surface area contributed by atoms with E-state index in [2.05, 4.69) is 14.9 Å². The van der Waals surface area contributed by atoms with Gasteiger partial charge in [-0.3, -0.25) is 9.69 Å². The second-order valence-electron chi connectivity index (χ2n) is 5.93. The molecule has 0 bridgehead atoms.